The molecule has 386 valence electrons. The Balaban J connectivity index is 0.814. The highest BCUT2D eigenvalue weighted by Crippen LogP contribution is 2.62. The third-order valence-electron chi connectivity index (χ3n) is 18.7. The van der Waals surface area contributed by atoms with Crippen LogP contribution in [0.2, 0.25) is 0 Å². The predicted octanol–water partition coefficient (Wildman–Crippen LogP) is 20.5. The summed E-state index contributed by atoms with van der Waals surface area (Å²) in [5, 5.41) is 4.81. The van der Waals surface area contributed by atoms with Gasteiger partial charge in [0.25, 0.3) is 0 Å². The summed E-state index contributed by atoms with van der Waals surface area (Å²) >= 11 is 0. The molecule has 1 spiro atoms. The van der Waals surface area contributed by atoms with Crippen molar-refractivity contribution < 1.29 is 4.42 Å². The zero-order valence-electron chi connectivity index (χ0n) is 45.2. The Labute approximate surface area is 480 Å². The van der Waals surface area contributed by atoms with Crippen LogP contribution in [-0.2, 0) is 10.8 Å². The molecule has 3 heteroatoms. The molecule has 0 bridgehead atoms. The van der Waals surface area contributed by atoms with Gasteiger partial charge in [0.05, 0.1) is 27.6 Å². The van der Waals surface area contributed by atoms with E-state index in [1.807, 2.05) is 6.07 Å². The van der Waals surface area contributed by atoms with Crippen LogP contribution in [0.15, 0.2) is 308 Å². The van der Waals surface area contributed by atoms with E-state index in [1.165, 1.54) is 99.8 Å². The van der Waals surface area contributed by atoms with E-state index < -0.39 is 10.8 Å². The van der Waals surface area contributed by atoms with Gasteiger partial charge in [-0.05, 0) is 144 Å². The second-order valence-electron chi connectivity index (χ2n) is 22.6. The molecule has 0 fully saturated rings. The summed E-state index contributed by atoms with van der Waals surface area (Å²) in [6, 6.07) is 113. The Hall–Kier alpha value is -10.7. The van der Waals surface area contributed by atoms with Crippen molar-refractivity contribution in [2.45, 2.75) is 10.8 Å². The minimum atomic E-state index is -0.555. The first-order chi connectivity index (χ1) is 41.2. The van der Waals surface area contributed by atoms with Gasteiger partial charge in [0.1, 0.15) is 11.2 Å². The first-order valence-electron chi connectivity index (χ1n) is 28.8. The second kappa shape index (κ2) is 17.4. The van der Waals surface area contributed by atoms with Gasteiger partial charge in [0.15, 0.2) is 0 Å². The molecule has 2 aromatic heterocycles. The number of furan rings is 1. The largest absolute Gasteiger partial charge is 0.455 e. The molecule has 3 heterocycles. The van der Waals surface area contributed by atoms with Crippen LogP contribution in [0.4, 0.5) is 17.1 Å². The Morgan fingerprint density at radius 1 is 0.289 bits per heavy atom. The van der Waals surface area contributed by atoms with Crippen LogP contribution in [-0.4, -0.2) is 4.57 Å². The normalized spacial score (nSPS) is 14.9. The van der Waals surface area contributed by atoms with Crippen molar-refractivity contribution in [2.24, 2.45) is 0 Å². The Morgan fingerprint density at radius 2 is 0.783 bits per heavy atom. The van der Waals surface area contributed by atoms with Crippen LogP contribution >= 0.6 is 0 Å². The first kappa shape index (κ1) is 46.1. The number of hydrogen-bond donors (Lipinski definition) is 0. The van der Waals surface area contributed by atoms with Crippen LogP contribution in [0, 0.1) is 0 Å². The predicted molar refractivity (Wildman–Crippen MR) is 342 cm³/mol. The molecule has 2 aliphatic carbocycles. The highest BCUT2D eigenvalue weighted by molar-refractivity contribution is 6.13. The van der Waals surface area contributed by atoms with Crippen LogP contribution in [0.5, 0.6) is 0 Å². The number of anilines is 3. The Morgan fingerprint density at radius 3 is 1.52 bits per heavy atom. The lowest BCUT2D eigenvalue weighted by molar-refractivity contribution is 0.670. The fourth-order valence-electron chi connectivity index (χ4n) is 15.3. The van der Waals surface area contributed by atoms with Crippen LogP contribution in [0.25, 0.3) is 93.9 Å². The fourth-order valence-corrected chi connectivity index (χ4v) is 15.3. The molecule has 0 saturated carbocycles. The standard InChI is InChI=1S/C80H50N2O/c1-3-19-54(20-4-1)79(55-21-5-2-6-22-55)68-30-11-7-23-60(68)63-48-46-58(50-73(63)79)81(57-44-39-52(40-45-57)59-27-17-29-67-65-26-10-16-36-76(65)83-78(59)67)56-42-37-51(38-43-56)53-41-47-62-61-24-8-12-31-69(61)80(72(62)49-53)70-32-13-15-35-75(70)82-74-34-14-9-25-64(74)66-28-18-33-71(80)77(66)82/h1-50H. The smallest absolute Gasteiger partial charge is 0.143 e. The van der Waals surface area contributed by atoms with Crippen LogP contribution in [0.3, 0.4) is 0 Å². The van der Waals surface area contributed by atoms with Gasteiger partial charge in [-0.3, -0.25) is 0 Å². The molecule has 0 N–H and O–H groups in total. The zero-order chi connectivity index (χ0) is 54.4. The van der Waals surface area contributed by atoms with Gasteiger partial charge < -0.3 is 13.9 Å². The third kappa shape index (κ3) is 6.23. The maximum absolute atomic E-state index is 6.58. The lowest BCUT2D eigenvalue weighted by atomic mass is 9.65. The number of nitrogens with zero attached hydrogens (tertiary/aromatic N) is 2. The quantitative estimate of drug-likeness (QED) is 0.159. The maximum atomic E-state index is 6.58. The number of rotatable bonds is 7. The highest BCUT2D eigenvalue weighted by atomic mass is 16.3. The van der Waals surface area contributed by atoms with E-state index in [0.717, 1.165) is 55.7 Å². The molecular formula is C80H50N2O. The van der Waals surface area contributed by atoms with Crippen molar-refractivity contribution in [1.29, 1.82) is 0 Å². The van der Waals surface area contributed by atoms with Gasteiger partial charge in [-0.25, -0.2) is 0 Å². The van der Waals surface area contributed by atoms with Gasteiger partial charge in [-0.15, -0.1) is 0 Å². The average molecular weight is 1060 g/mol. The van der Waals surface area contributed by atoms with Crippen molar-refractivity contribution in [3.63, 3.8) is 0 Å². The van der Waals surface area contributed by atoms with Crippen LogP contribution < -0.4 is 4.90 Å². The summed E-state index contributed by atoms with van der Waals surface area (Å²) in [7, 11) is 0. The number of para-hydroxylation sites is 5. The van der Waals surface area contributed by atoms with Crippen molar-refractivity contribution >= 4 is 60.8 Å². The molecule has 1 aliphatic heterocycles. The van der Waals surface area contributed by atoms with E-state index in [9.17, 15) is 0 Å². The van der Waals surface area contributed by atoms with Gasteiger partial charge in [-0.2, -0.15) is 0 Å². The van der Waals surface area contributed by atoms with Crippen LogP contribution in [0.1, 0.15) is 44.5 Å². The minimum Gasteiger partial charge on any atom is -0.455 e. The number of aromatic nitrogens is 1. The number of benzene rings is 13. The second-order valence-corrected chi connectivity index (χ2v) is 22.6. The molecule has 15 aromatic rings. The SMILES string of the molecule is c1ccc(C2(c3ccccc3)c3ccccc3-c3ccc(N(c4ccc(-c5ccc6c(c5)C5(c7ccccc7-6)c6ccccc6-n6c7ccccc7c7cccc5c76)cc4)c4ccc(-c5cccc6c5oc5ccccc56)cc4)cc32)cc1. The van der Waals surface area contributed by atoms with E-state index in [-0.39, 0.29) is 0 Å². The van der Waals surface area contributed by atoms with Crippen molar-refractivity contribution in [1.82, 2.24) is 4.57 Å². The van der Waals surface area contributed by atoms with E-state index >= 15 is 0 Å². The maximum Gasteiger partial charge on any atom is 0.143 e. The molecule has 1 atom stereocenters. The monoisotopic (exact) mass is 1050 g/mol. The molecule has 13 aromatic carbocycles. The molecule has 18 rings (SSSR count). The summed E-state index contributed by atoms with van der Waals surface area (Å²) < 4.78 is 9.10. The summed E-state index contributed by atoms with van der Waals surface area (Å²) in [4.78, 5) is 2.44. The summed E-state index contributed by atoms with van der Waals surface area (Å²) in [6.07, 6.45) is 0. The molecule has 1 unspecified atom stereocenters. The van der Waals surface area contributed by atoms with Gasteiger partial charge in [0, 0.05) is 44.2 Å². The van der Waals surface area contributed by atoms with Gasteiger partial charge in [-0.1, -0.05) is 243 Å². The molecule has 0 saturated heterocycles. The molecule has 3 nitrogen and oxygen atoms in total. The van der Waals surface area contributed by atoms with Crippen molar-refractivity contribution in [2.75, 3.05) is 4.90 Å². The Bertz CT molecular complexity index is 5110. The lowest BCUT2D eigenvalue weighted by Gasteiger charge is -2.39. The molecule has 0 amide bonds. The van der Waals surface area contributed by atoms with Crippen molar-refractivity contribution in [3.8, 4) is 50.2 Å². The van der Waals surface area contributed by atoms with E-state index in [1.54, 1.807) is 0 Å². The molecular weight excluding hydrogens is 1000 g/mol. The lowest BCUT2D eigenvalue weighted by Crippen LogP contribution is -2.33. The summed E-state index contributed by atoms with van der Waals surface area (Å²) in [6.45, 7) is 0. The zero-order valence-corrected chi connectivity index (χ0v) is 45.2. The van der Waals surface area contributed by atoms with Gasteiger partial charge in [0.2, 0.25) is 0 Å². The van der Waals surface area contributed by atoms with E-state index in [2.05, 4.69) is 307 Å². The van der Waals surface area contributed by atoms with E-state index in [4.69, 9.17) is 4.42 Å². The average Bonchev–Trinajstić information content (AvgIpc) is 1.69. The van der Waals surface area contributed by atoms with E-state index in [0.29, 0.717) is 0 Å². The number of hydrogen-bond acceptors (Lipinski definition) is 2. The van der Waals surface area contributed by atoms with Crippen molar-refractivity contribution in [3.05, 3.63) is 348 Å². The topological polar surface area (TPSA) is 21.3 Å². The Kier molecular flexibility index (Phi) is 9.64. The minimum absolute atomic E-state index is 0.538. The summed E-state index contributed by atoms with van der Waals surface area (Å²) in [5.74, 6) is 0. The highest BCUT2D eigenvalue weighted by Gasteiger charge is 2.51. The first-order valence-corrected chi connectivity index (χ1v) is 28.8. The molecule has 83 heavy (non-hydrogen) atoms. The third-order valence-corrected chi connectivity index (χ3v) is 18.7. The molecule has 3 aliphatic rings. The summed E-state index contributed by atoms with van der Waals surface area (Å²) in [5.41, 5.74) is 27.5. The number of fused-ring (bicyclic) bond motifs is 18. The molecule has 0 radical (unpaired) electrons. The van der Waals surface area contributed by atoms with Gasteiger partial charge >= 0.3 is 0 Å². The fraction of sp³-hybridized carbons (Fsp3) is 0.0250.